The van der Waals surface area contributed by atoms with Crippen molar-refractivity contribution in [1.82, 2.24) is 0 Å². The first-order chi connectivity index (χ1) is 7.77. The molecule has 0 saturated heterocycles. The van der Waals surface area contributed by atoms with Crippen LogP contribution in [-0.2, 0) is 4.65 Å². The molecular formula is C10H13BN2O3. The van der Waals surface area contributed by atoms with Gasteiger partial charge in [0.2, 0.25) is 0 Å². The molecule has 6 heteroatoms. The van der Waals surface area contributed by atoms with Gasteiger partial charge in [0, 0.05) is 12.0 Å². The summed E-state index contributed by atoms with van der Waals surface area (Å²) in [4.78, 5) is 3.60. The predicted molar refractivity (Wildman–Crippen MR) is 62.0 cm³/mol. The van der Waals surface area contributed by atoms with E-state index in [1.54, 1.807) is 6.07 Å². The van der Waals surface area contributed by atoms with Gasteiger partial charge in [-0.25, -0.2) is 0 Å². The second-order valence-electron chi connectivity index (χ2n) is 3.47. The van der Waals surface area contributed by atoms with Crippen LogP contribution in [0.3, 0.4) is 0 Å². The average molecular weight is 220 g/mol. The third kappa shape index (κ3) is 1.82. The van der Waals surface area contributed by atoms with Gasteiger partial charge in [-0.15, -0.1) is 0 Å². The molecule has 5 nitrogen and oxygen atoms in total. The lowest BCUT2D eigenvalue weighted by atomic mass is 9.78. The van der Waals surface area contributed by atoms with Crippen molar-refractivity contribution in [3.05, 3.63) is 23.8 Å². The maximum Gasteiger partial charge on any atom is 0.495 e. The summed E-state index contributed by atoms with van der Waals surface area (Å²) in [5.41, 5.74) is 7.07. The molecule has 0 bridgehead atoms. The zero-order valence-corrected chi connectivity index (χ0v) is 8.80. The van der Waals surface area contributed by atoms with Gasteiger partial charge in [0.15, 0.2) is 6.73 Å². The van der Waals surface area contributed by atoms with Crippen molar-refractivity contribution in [3.8, 4) is 5.75 Å². The van der Waals surface area contributed by atoms with E-state index < -0.39 is 7.12 Å². The van der Waals surface area contributed by atoms with Crippen LogP contribution in [0.4, 0.5) is 0 Å². The van der Waals surface area contributed by atoms with Crippen LogP contribution < -0.4 is 15.9 Å². The van der Waals surface area contributed by atoms with Gasteiger partial charge in [0.05, 0.1) is 6.10 Å². The van der Waals surface area contributed by atoms with Gasteiger partial charge < -0.3 is 20.1 Å². The quantitative estimate of drug-likeness (QED) is 0.526. The number of nitrogens with zero attached hydrogens (tertiary/aromatic N) is 1. The first-order valence-electron chi connectivity index (χ1n) is 4.99. The Balaban J connectivity index is 2.35. The van der Waals surface area contributed by atoms with Gasteiger partial charge in [-0.1, -0.05) is 12.1 Å². The van der Waals surface area contributed by atoms with E-state index >= 15 is 0 Å². The highest BCUT2D eigenvalue weighted by Crippen LogP contribution is 2.26. The number of aliphatic imine (C=N–C) groups is 1. The van der Waals surface area contributed by atoms with Gasteiger partial charge in [0.25, 0.3) is 0 Å². The van der Waals surface area contributed by atoms with Crippen LogP contribution >= 0.6 is 0 Å². The van der Waals surface area contributed by atoms with Gasteiger partial charge in [0.1, 0.15) is 5.75 Å². The van der Waals surface area contributed by atoms with Crippen molar-refractivity contribution < 1.29 is 14.4 Å². The van der Waals surface area contributed by atoms with Crippen LogP contribution in [0.1, 0.15) is 11.7 Å². The van der Waals surface area contributed by atoms with Crippen molar-refractivity contribution in [1.29, 1.82) is 0 Å². The first kappa shape index (κ1) is 11.1. The molecule has 84 valence electrons. The molecule has 3 N–H and O–H groups in total. The molecule has 0 amide bonds. The number of fused-ring (bicyclic) bond motifs is 1. The van der Waals surface area contributed by atoms with Crippen molar-refractivity contribution in [2.75, 3.05) is 13.3 Å². The maximum absolute atomic E-state index is 9.76. The lowest BCUT2D eigenvalue weighted by Gasteiger charge is -2.09. The monoisotopic (exact) mass is 220 g/mol. The van der Waals surface area contributed by atoms with Crippen molar-refractivity contribution in [3.63, 3.8) is 0 Å². The molecule has 2 rings (SSSR count). The van der Waals surface area contributed by atoms with E-state index in [1.807, 2.05) is 12.1 Å². The number of ether oxygens (including phenoxy) is 1. The Kier molecular flexibility index (Phi) is 3.23. The van der Waals surface area contributed by atoms with E-state index in [-0.39, 0.29) is 12.8 Å². The predicted octanol–water partition coefficient (Wildman–Crippen LogP) is -0.559. The third-order valence-corrected chi connectivity index (χ3v) is 2.51. The number of hydrogen-bond acceptors (Lipinski definition) is 5. The SMILES string of the molecule is C=NCOc1cccc2c1B(O)OC2CN. The first-order valence-corrected chi connectivity index (χ1v) is 4.99. The second kappa shape index (κ2) is 4.65. The van der Waals surface area contributed by atoms with Crippen LogP contribution in [0.2, 0.25) is 0 Å². The minimum atomic E-state index is -0.982. The summed E-state index contributed by atoms with van der Waals surface area (Å²) in [6.07, 6.45) is -0.273. The van der Waals surface area contributed by atoms with E-state index in [2.05, 4.69) is 11.7 Å². The fourth-order valence-corrected chi connectivity index (χ4v) is 1.83. The van der Waals surface area contributed by atoms with Crippen LogP contribution in [0.25, 0.3) is 0 Å². The molecule has 1 aromatic carbocycles. The molecule has 0 aromatic heterocycles. The van der Waals surface area contributed by atoms with Crippen LogP contribution in [-0.4, -0.2) is 32.1 Å². The number of nitrogens with two attached hydrogens (primary N) is 1. The molecule has 1 aliphatic rings. The Morgan fingerprint density at radius 1 is 1.62 bits per heavy atom. The molecular weight excluding hydrogens is 207 g/mol. The average Bonchev–Trinajstić information content (AvgIpc) is 2.64. The number of benzene rings is 1. The molecule has 1 aromatic rings. The molecule has 0 saturated carbocycles. The van der Waals surface area contributed by atoms with Gasteiger partial charge in [-0.05, 0) is 18.3 Å². The normalized spacial score (nSPS) is 18.4. The van der Waals surface area contributed by atoms with Gasteiger partial charge in [-0.2, -0.15) is 0 Å². The van der Waals surface area contributed by atoms with E-state index in [0.717, 1.165) is 5.56 Å². The lowest BCUT2D eigenvalue weighted by Crippen LogP contribution is -2.30. The second-order valence-corrected chi connectivity index (χ2v) is 3.47. The van der Waals surface area contributed by atoms with Crippen molar-refractivity contribution >= 4 is 19.3 Å². The Labute approximate surface area is 94.0 Å². The van der Waals surface area contributed by atoms with E-state index in [1.165, 1.54) is 0 Å². The van der Waals surface area contributed by atoms with E-state index in [4.69, 9.17) is 15.1 Å². The smallest absolute Gasteiger partial charge is 0.472 e. The van der Waals surface area contributed by atoms with Crippen LogP contribution in [0, 0.1) is 0 Å². The molecule has 1 aliphatic heterocycles. The Morgan fingerprint density at radius 3 is 3.12 bits per heavy atom. The molecule has 0 fully saturated rings. The van der Waals surface area contributed by atoms with Gasteiger partial charge >= 0.3 is 7.12 Å². The Bertz CT molecular complexity index is 400. The van der Waals surface area contributed by atoms with Crippen molar-refractivity contribution in [2.24, 2.45) is 10.7 Å². The largest absolute Gasteiger partial charge is 0.495 e. The van der Waals surface area contributed by atoms with Crippen molar-refractivity contribution in [2.45, 2.75) is 6.10 Å². The summed E-state index contributed by atoms with van der Waals surface area (Å²) < 4.78 is 10.7. The topological polar surface area (TPSA) is 77.1 Å². The molecule has 1 unspecified atom stereocenters. The lowest BCUT2D eigenvalue weighted by molar-refractivity contribution is 0.198. The summed E-state index contributed by atoms with van der Waals surface area (Å²) in [6.45, 7) is 3.81. The highest BCUT2D eigenvalue weighted by molar-refractivity contribution is 6.62. The molecule has 0 radical (unpaired) electrons. The summed E-state index contributed by atoms with van der Waals surface area (Å²) >= 11 is 0. The highest BCUT2D eigenvalue weighted by Gasteiger charge is 2.37. The summed E-state index contributed by atoms with van der Waals surface area (Å²) in [5.74, 6) is 0.563. The zero-order valence-electron chi connectivity index (χ0n) is 8.80. The molecule has 0 aliphatic carbocycles. The summed E-state index contributed by atoms with van der Waals surface area (Å²) in [7, 11) is -0.982. The summed E-state index contributed by atoms with van der Waals surface area (Å²) in [6, 6.07) is 5.47. The number of hydrogen-bond donors (Lipinski definition) is 2. The van der Waals surface area contributed by atoms with Gasteiger partial charge in [-0.3, -0.25) is 4.99 Å². The molecule has 1 atom stereocenters. The van der Waals surface area contributed by atoms with Crippen LogP contribution in [0.5, 0.6) is 5.75 Å². The fourth-order valence-electron chi connectivity index (χ4n) is 1.83. The molecule has 16 heavy (non-hydrogen) atoms. The summed E-state index contributed by atoms with van der Waals surface area (Å²) in [5, 5.41) is 9.76. The molecule has 1 heterocycles. The highest BCUT2D eigenvalue weighted by atomic mass is 16.5. The minimum absolute atomic E-state index is 0.149. The molecule has 0 spiro atoms. The van der Waals surface area contributed by atoms with E-state index in [9.17, 15) is 5.02 Å². The minimum Gasteiger partial charge on any atom is -0.472 e. The maximum atomic E-state index is 9.76. The Hall–Kier alpha value is -1.37. The van der Waals surface area contributed by atoms with E-state index in [0.29, 0.717) is 17.8 Å². The zero-order chi connectivity index (χ0) is 11.5. The van der Waals surface area contributed by atoms with Crippen LogP contribution in [0.15, 0.2) is 23.2 Å². The fraction of sp³-hybridized carbons (Fsp3) is 0.300. The standard InChI is InChI=1S/C10H13BN2O3/c1-13-6-15-8-4-2-3-7-9(5-12)16-11(14)10(7)8/h2-4,9,14H,1,5-6,12H2. The third-order valence-electron chi connectivity index (χ3n) is 2.51. The number of rotatable bonds is 4. The Morgan fingerprint density at radius 2 is 2.44 bits per heavy atom.